The molecule has 102 valence electrons. The molecule has 0 bridgehead atoms. The number of rotatable bonds is 6. The summed E-state index contributed by atoms with van der Waals surface area (Å²) in [5, 5.41) is 0. The molecular formula is C13H22N2O2S. The molecule has 0 saturated carbocycles. The van der Waals surface area contributed by atoms with Crippen LogP contribution in [0.2, 0.25) is 0 Å². The van der Waals surface area contributed by atoms with Crippen molar-refractivity contribution in [2.75, 3.05) is 18.5 Å². The van der Waals surface area contributed by atoms with Crippen molar-refractivity contribution >= 4 is 15.7 Å². The van der Waals surface area contributed by atoms with Crippen LogP contribution in [0.5, 0.6) is 0 Å². The molecule has 0 aliphatic heterocycles. The monoisotopic (exact) mass is 270 g/mol. The zero-order valence-corrected chi connectivity index (χ0v) is 12.1. The Balaban J connectivity index is 2.64. The van der Waals surface area contributed by atoms with Gasteiger partial charge in [0.2, 0.25) is 10.0 Å². The molecule has 18 heavy (non-hydrogen) atoms. The largest absolute Gasteiger partial charge is 0.399 e. The van der Waals surface area contributed by atoms with Crippen molar-refractivity contribution < 1.29 is 8.42 Å². The van der Waals surface area contributed by atoms with E-state index in [9.17, 15) is 8.42 Å². The molecule has 1 rings (SSSR count). The summed E-state index contributed by atoms with van der Waals surface area (Å²) in [4.78, 5) is 0. The summed E-state index contributed by atoms with van der Waals surface area (Å²) in [6.45, 7) is 4.44. The van der Waals surface area contributed by atoms with Crippen LogP contribution >= 0.6 is 0 Å². The number of nitrogen functional groups attached to an aromatic ring is 1. The zero-order chi connectivity index (χ0) is 13.8. The summed E-state index contributed by atoms with van der Waals surface area (Å²) < 4.78 is 25.4. The van der Waals surface area contributed by atoms with Crippen molar-refractivity contribution in [1.29, 1.82) is 0 Å². The van der Waals surface area contributed by atoms with Gasteiger partial charge >= 0.3 is 0 Å². The number of hydrogen-bond acceptors (Lipinski definition) is 3. The maximum Gasteiger partial charge on any atom is 0.214 e. The van der Waals surface area contributed by atoms with E-state index in [0.717, 1.165) is 5.56 Å². The van der Waals surface area contributed by atoms with E-state index < -0.39 is 10.0 Å². The molecule has 0 aliphatic rings. The van der Waals surface area contributed by atoms with Gasteiger partial charge in [0.15, 0.2) is 0 Å². The maximum atomic E-state index is 12.0. The first-order chi connectivity index (χ1) is 8.31. The Kier molecular flexibility index (Phi) is 5.16. The molecule has 5 heteroatoms. The van der Waals surface area contributed by atoms with Crippen LogP contribution in [0, 0.1) is 5.92 Å². The van der Waals surface area contributed by atoms with E-state index in [0.29, 0.717) is 24.6 Å². The third-order valence-electron chi connectivity index (χ3n) is 2.81. The van der Waals surface area contributed by atoms with Gasteiger partial charge in [-0.3, -0.25) is 0 Å². The Labute approximate surface area is 110 Å². The van der Waals surface area contributed by atoms with Crippen molar-refractivity contribution in [2.45, 2.75) is 26.8 Å². The molecule has 1 aromatic rings. The Hall–Kier alpha value is -1.07. The summed E-state index contributed by atoms with van der Waals surface area (Å²) in [6, 6.07) is 7.27. The van der Waals surface area contributed by atoms with Crippen LogP contribution in [0.25, 0.3) is 0 Å². The normalized spacial score (nSPS) is 12.3. The predicted molar refractivity (Wildman–Crippen MR) is 75.6 cm³/mol. The van der Waals surface area contributed by atoms with E-state index in [-0.39, 0.29) is 5.75 Å². The molecule has 0 heterocycles. The molecule has 0 aromatic heterocycles. The second-order valence-electron chi connectivity index (χ2n) is 5.00. The quantitative estimate of drug-likeness (QED) is 0.805. The van der Waals surface area contributed by atoms with Crippen molar-refractivity contribution in [3.8, 4) is 0 Å². The van der Waals surface area contributed by atoms with Gasteiger partial charge in [-0.15, -0.1) is 0 Å². The summed E-state index contributed by atoms with van der Waals surface area (Å²) in [5.41, 5.74) is 7.22. The van der Waals surface area contributed by atoms with Gasteiger partial charge in [-0.25, -0.2) is 12.7 Å². The van der Waals surface area contributed by atoms with Crippen LogP contribution in [-0.2, 0) is 16.6 Å². The molecule has 0 unspecified atom stereocenters. The fraction of sp³-hybridized carbons (Fsp3) is 0.538. The SMILES string of the molecule is CC(C)CCS(=O)(=O)N(C)Cc1ccc(N)cc1. The first-order valence-electron chi connectivity index (χ1n) is 6.09. The van der Waals surface area contributed by atoms with E-state index in [1.54, 1.807) is 19.2 Å². The average molecular weight is 270 g/mol. The van der Waals surface area contributed by atoms with E-state index in [1.807, 2.05) is 26.0 Å². The van der Waals surface area contributed by atoms with Crippen LogP contribution in [0.3, 0.4) is 0 Å². The molecular weight excluding hydrogens is 248 g/mol. The van der Waals surface area contributed by atoms with Gasteiger partial charge in [0, 0.05) is 19.3 Å². The van der Waals surface area contributed by atoms with Crippen LogP contribution in [-0.4, -0.2) is 25.5 Å². The highest BCUT2D eigenvalue weighted by Gasteiger charge is 2.18. The Bertz CT molecular complexity index is 466. The Morgan fingerprint density at radius 3 is 2.28 bits per heavy atom. The number of nitrogens with zero attached hydrogens (tertiary/aromatic N) is 1. The molecule has 4 nitrogen and oxygen atoms in total. The molecule has 0 saturated heterocycles. The predicted octanol–water partition coefficient (Wildman–Crippen LogP) is 2.08. The van der Waals surface area contributed by atoms with E-state index >= 15 is 0 Å². The minimum absolute atomic E-state index is 0.205. The lowest BCUT2D eigenvalue weighted by atomic mass is 10.2. The number of hydrogen-bond donors (Lipinski definition) is 1. The van der Waals surface area contributed by atoms with Gasteiger partial charge in [-0.1, -0.05) is 26.0 Å². The summed E-state index contributed by atoms with van der Waals surface area (Å²) >= 11 is 0. The second-order valence-corrected chi connectivity index (χ2v) is 7.19. The van der Waals surface area contributed by atoms with Gasteiger partial charge in [-0.05, 0) is 30.0 Å². The van der Waals surface area contributed by atoms with Gasteiger partial charge in [0.1, 0.15) is 0 Å². The smallest absolute Gasteiger partial charge is 0.214 e. The van der Waals surface area contributed by atoms with Crippen molar-refractivity contribution in [2.24, 2.45) is 5.92 Å². The number of benzene rings is 1. The maximum absolute atomic E-state index is 12.0. The summed E-state index contributed by atoms with van der Waals surface area (Å²) in [5.74, 6) is 0.598. The highest BCUT2D eigenvalue weighted by atomic mass is 32.2. The number of anilines is 1. The fourth-order valence-corrected chi connectivity index (χ4v) is 2.95. The van der Waals surface area contributed by atoms with Crippen molar-refractivity contribution in [1.82, 2.24) is 4.31 Å². The average Bonchev–Trinajstić information content (AvgIpc) is 2.29. The number of nitrogens with two attached hydrogens (primary N) is 1. The Morgan fingerprint density at radius 2 is 1.78 bits per heavy atom. The molecule has 2 N–H and O–H groups in total. The molecule has 0 fully saturated rings. The lowest BCUT2D eigenvalue weighted by Gasteiger charge is -2.18. The van der Waals surface area contributed by atoms with Crippen molar-refractivity contribution in [3.05, 3.63) is 29.8 Å². The minimum atomic E-state index is -3.16. The molecule has 0 amide bonds. The fourth-order valence-electron chi connectivity index (χ4n) is 1.52. The van der Waals surface area contributed by atoms with Crippen molar-refractivity contribution in [3.63, 3.8) is 0 Å². The highest BCUT2D eigenvalue weighted by Crippen LogP contribution is 2.12. The molecule has 0 radical (unpaired) electrons. The second kappa shape index (κ2) is 6.20. The third-order valence-corrected chi connectivity index (χ3v) is 4.64. The summed E-state index contributed by atoms with van der Waals surface area (Å²) in [6.07, 6.45) is 0.689. The molecule has 0 atom stereocenters. The zero-order valence-electron chi connectivity index (χ0n) is 11.3. The first-order valence-corrected chi connectivity index (χ1v) is 7.70. The molecule has 1 aromatic carbocycles. The van der Waals surface area contributed by atoms with E-state index in [2.05, 4.69) is 0 Å². The van der Waals surface area contributed by atoms with E-state index in [4.69, 9.17) is 5.73 Å². The van der Waals surface area contributed by atoms with Gasteiger partial charge in [0.25, 0.3) is 0 Å². The summed E-state index contributed by atoms with van der Waals surface area (Å²) in [7, 11) is -1.54. The van der Waals surface area contributed by atoms with Gasteiger partial charge < -0.3 is 5.73 Å². The van der Waals surface area contributed by atoms with Crippen LogP contribution < -0.4 is 5.73 Å². The molecule has 0 spiro atoms. The lowest BCUT2D eigenvalue weighted by Crippen LogP contribution is -2.29. The molecule has 0 aliphatic carbocycles. The minimum Gasteiger partial charge on any atom is -0.399 e. The topological polar surface area (TPSA) is 63.4 Å². The standard InChI is InChI=1S/C13H22N2O2S/c1-11(2)8-9-18(16,17)15(3)10-12-4-6-13(14)7-5-12/h4-7,11H,8-10,14H2,1-3H3. The van der Waals surface area contributed by atoms with Crippen LogP contribution in [0.1, 0.15) is 25.8 Å². The van der Waals surface area contributed by atoms with E-state index in [1.165, 1.54) is 4.31 Å². The highest BCUT2D eigenvalue weighted by molar-refractivity contribution is 7.89. The third kappa shape index (κ3) is 4.66. The van der Waals surface area contributed by atoms with Crippen LogP contribution in [0.4, 0.5) is 5.69 Å². The Morgan fingerprint density at radius 1 is 1.22 bits per heavy atom. The van der Waals surface area contributed by atoms with Gasteiger partial charge in [-0.2, -0.15) is 0 Å². The number of sulfonamides is 1. The van der Waals surface area contributed by atoms with Crippen LogP contribution in [0.15, 0.2) is 24.3 Å². The van der Waals surface area contributed by atoms with Gasteiger partial charge in [0.05, 0.1) is 5.75 Å². The first kappa shape index (κ1) is 15.0. The lowest BCUT2D eigenvalue weighted by molar-refractivity contribution is 0.460.